The van der Waals surface area contributed by atoms with Gasteiger partial charge in [-0.25, -0.2) is 0 Å². The molecule has 3 unspecified atom stereocenters. The van der Waals surface area contributed by atoms with Gasteiger partial charge >= 0.3 is 0 Å². The van der Waals surface area contributed by atoms with Crippen LogP contribution in [0.5, 0.6) is 0 Å². The maximum absolute atomic E-state index is 3.58. The topological polar surface area (TPSA) is 15.3 Å². The van der Waals surface area contributed by atoms with Gasteiger partial charge in [-0.1, -0.05) is 35.0 Å². The van der Waals surface area contributed by atoms with Gasteiger partial charge in [0.1, 0.15) is 0 Å². The lowest BCUT2D eigenvalue weighted by atomic mass is 9.99. The molecule has 2 nitrogen and oxygen atoms in total. The quantitative estimate of drug-likeness (QED) is 0.918. The SMILES string of the molecule is CCC(c1cccc(Br)c1)N1CC(C)NCC1C. The van der Waals surface area contributed by atoms with Gasteiger partial charge in [0.2, 0.25) is 0 Å². The fraction of sp³-hybridized carbons (Fsp3) is 0.600. The number of hydrogen-bond donors (Lipinski definition) is 1. The summed E-state index contributed by atoms with van der Waals surface area (Å²) < 4.78 is 1.18. The summed E-state index contributed by atoms with van der Waals surface area (Å²) in [4.78, 5) is 2.64. The first-order valence-electron chi connectivity index (χ1n) is 6.86. The van der Waals surface area contributed by atoms with Crippen LogP contribution >= 0.6 is 15.9 Å². The van der Waals surface area contributed by atoms with Crippen LogP contribution in [0.25, 0.3) is 0 Å². The van der Waals surface area contributed by atoms with Crippen LogP contribution in [0.1, 0.15) is 38.8 Å². The van der Waals surface area contributed by atoms with Crippen LogP contribution in [-0.4, -0.2) is 30.1 Å². The molecule has 1 N–H and O–H groups in total. The van der Waals surface area contributed by atoms with E-state index in [2.05, 4.69) is 71.2 Å². The van der Waals surface area contributed by atoms with Crippen molar-refractivity contribution in [1.82, 2.24) is 10.2 Å². The highest BCUT2D eigenvalue weighted by Crippen LogP contribution is 2.29. The van der Waals surface area contributed by atoms with Crippen LogP contribution in [0.3, 0.4) is 0 Å². The minimum absolute atomic E-state index is 0.530. The molecular weight excluding hydrogens is 288 g/mol. The van der Waals surface area contributed by atoms with Gasteiger partial charge in [-0.05, 0) is 38.0 Å². The van der Waals surface area contributed by atoms with E-state index >= 15 is 0 Å². The summed E-state index contributed by atoms with van der Waals surface area (Å²) in [6.45, 7) is 9.09. The van der Waals surface area contributed by atoms with Gasteiger partial charge in [-0.2, -0.15) is 0 Å². The second-order valence-electron chi connectivity index (χ2n) is 5.33. The number of piperazine rings is 1. The third-order valence-corrected chi connectivity index (χ3v) is 4.33. The zero-order valence-corrected chi connectivity index (χ0v) is 13.1. The van der Waals surface area contributed by atoms with E-state index in [4.69, 9.17) is 0 Å². The number of nitrogens with zero attached hydrogens (tertiary/aromatic N) is 1. The summed E-state index contributed by atoms with van der Waals surface area (Å²) in [5, 5.41) is 3.55. The summed E-state index contributed by atoms with van der Waals surface area (Å²) in [7, 11) is 0. The molecule has 0 saturated carbocycles. The zero-order valence-electron chi connectivity index (χ0n) is 11.5. The fourth-order valence-corrected chi connectivity index (χ4v) is 3.28. The van der Waals surface area contributed by atoms with Gasteiger partial charge in [-0.15, -0.1) is 0 Å². The van der Waals surface area contributed by atoms with Crippen molar-refractivity contribution >= 4 is 15.9 Å². The van der Waals surface area contributed by atoms with Crippen molar-refractivity contribution in [3.63, 3.8) is 0 Å². The summed E-state index contributed by atoms with van der Waals surface area (Å²) in [5.74, 6) is 0. The van der Waals surface area contributed by atoms with Crippen molar-refractivity contribution < 1.29 is 0 Å². The number of rotatable bonds is 3. The van der Waals surface area contributed by atoms with Gasteiger partial charge in [0.05, 0.1) is 0 Å². The van der Waals surface area contributed by atoms with E-state index in [9.17, 15) is 0 Å². The smallest absolute Gasteiger partial charge is 0.0349 e. The Morgan fingerprint density at radius 3 is 2.89 bits per heavy atom. The molecule has 1 aromatic carbocycles. The molecule has 0 radical (unpaired) electrons. The van der Waals surface area contributed by atoms with Crippen molar-refractivity contribution in [2.75, 3.05) is 13.1 Å². The average Bonchev–Trinajstić information content (AvgIpc) is 2.35. The maximum Gasteiger partial charge on any atom is 0.0349 e. The first-order valence-corrected chi connectivity index (χ1v) is 7.65. The fourth-order valence-electron chi connectivity index (χ4n) is 2.86. The molecule has 1 fully saturated rings. The molecule has 3 atom stereocenters. The molecule has 1 aromatic rings. The van der Waals surface area contributed by atoms with Crippen molar-refractivity contribution in [3.8, 4) is 0 Å². The van der Waals surface area contributed by atoms with Gasteiger partial charge in [0.25, 0.3) is 0 Å². The Kier molecular flexibility index (Phi) is 4.82. The van der Waals surface area contributed by atoms with E-state index in [1.165, 1.54) is 10.0 Å². The second-order valence-corrected chi connectivity index (χ2v) is 6.25. The molecule has 0 aromatic heterocycles. The standard InChI is InChI=1S/C15H23BrN2/c1-4-15(13-6-5-7-14(16)8-13)18-10-11(2)17-9-12(18)3/h5-8,11-12,15,17H,4,9-10H2,1-3H3. The zero-order chi connectivity index (χ0) is 13.1. The number of halogens is 1. The van der Waals surface area contributed by atoms with Crippen molar-refractivity contribution in [2.45, 2.75) is 45.3 Å². The van der Waals surface area contributed by atoms with Gasteiger partial charge in [0, 0.05) is 35.7 Å². The molecule has 0 aliphatic carbocycles. The Hall–Kier alpha value is -0.380. The van der Waals surface area contributed by atoms with Crippen molar-refractivity contribution in [1.29, 1.82) is 0 Å². The highest BCUT2D eigenvalue weighted by atomic mass is 79.9. The van der Waals surface area contributed by atoms with E-state index in [-0.39, 0.29) is 0 Å². The first kappa shape index (κ1) is 14.0. The predicted molar refractivity (Wildman–Crippen MR) is 80.8 cm³/mol. The molecule has 1 saturated heterocycles. The number of benzene rings is 1. The third kappa shape index (κ3) is 3.14. The van der Waals surface area contributed by atoms with Crippen molar-refractivity contribution in [2.24, 2.45) is 0 Å². The lowest BCUT2D eigenvalue weighted by molar-refractivity contribution is 0.0921. The minimum Gasteiger partial charge on any atom is -0.311 e. The van der Waals surface area contributed by atoms with Crippen LogP contribution in [-0.2, 0) is 0 Å². The van der Waals surface area contributed by atoms with Crippen molar-refractivity contribution in [3.05, 3.63) is 34.3 Å². The molecule has 2 rings (SSSR count). The monoisotopic (exact) mass is 310 g/mol. The second kappa shape index (κ2) is 6.18. The highest BCUT2D eigenvalue weighted by molar-refractivity contribution is 9.10. The summed E-state index contributed by atoms with van der Waals surface area (Å²) in [5.41, 5.74) is 1.42. The molecule has 0 amide bonds. The molecule has 1 heterocycles. The predicted octanol–water partition coefficient (Wildman–Crippen LogP) is 3.58. The molecule has 1 aliphatic heterocycles. The Morgan fingerprint density at radius 1 is 1.44 bits per heavy atom. The average molecular weight is 311 g/mol. The normalized spacial score (nSPS) is 27.1. The van der Waals surface area contributed by atoms with Gasteiger partial charge in [0.15, 0.2) is 0 Å². The summed E-state index contributed by atoms with van der Waals surface area (Å²) in [6, 6.07) is 10.5. The molecular formula is C15H23BrN2. The Bertz CT molecular complexity index is 394. The lowest BCUT2D eigenvalue weighted by Gasteiger charge is -2.42. The third-order valence-electron chi connectivity index (χ3n) is 3.83. The summed E-state index contributed by atoms with van der Waals surface area (Å²) in [6.07, 6.45) is 1.16. The Morgan fingerprint density at radius 2 is 2.22 bits per heavy atom. The lowest BCUT2D eigenvalue weighted by Crippen LogP contribution is -2.55. The number of nitrogens with one attached hydrogen (secondary N) is 1. The first-order chi connectivity index (χ1) is 8.61. The molecule has 100 valence electrons. The molecule has 0 bridgehead atoms. The van der Waals surface area contributed by atoms with E-state index in [1.54, 1.807) is 0 Å². The molecule has 0 spiro atoms. The van der Waals surface area contributed by atoms with E-state index < -0.39 is 0 Å². The van der Waals surface area contributed by atoms with Crippen LogP contribution in [0.15, 0.2) is 28.7 Å². The van der Waals surface area contributed by atoms with E-state index in [0.717, 1.165) is 19.5 Å². The Labute approximate surface area is 119 Å². The highest BCUT2D eigenvalue weighted by Gasteiger charge is 2.28. The largest absolute Gasteiger partial charge is 0.311 e. The van der Waals surface area contributed by atoms with E-state index in [1.807, 2.05) is 0 Å². The Balaban J connectivity index is 2.21. The molecule has 3 heteroatoms. The molecule has 18 heavy (non-hydrogen) atoms. The minimum atomic E-state index is 0.530. The van der Waals surface area contributed by atoms with Gasteiger partial charge < -0.3 is 5.32 Å². The van der Waals surface area contributed by atoms with Crippen LogP contribution < -0.4 is 5.32 Å². The van der Waals surface area contributed by atoms with Crippen LogP contribution in [0.2, 0.25) is 0 Å². The maximum atomic E-state index is 3.58. The summed E-state index contributed by atoms with van der Waals surface area (Å²) >= 11 is 3.58. The van der Waals surface area contributed by atoms with Crippen LogP contribution in [0.4, 0.5) is 0 Å². The molecule has 1 aliphatic rings. The van der Waals surface area contributed by atoms with Gasteiger partial charge in [-0.3, -0.25) is 4.90 Å². The van der Waals surface area contributed by atoms with Crippen LogP contribution in [0, 0.1) is 0 Å². The number of hydrogen-bond acceptors (Lipinski definition) is 2. The van der Waals surface area contributed by atoms with E-state index in [0.29, 0.717) is 18.1 Å².